The summed E-state index contributed by atoms with van der Waals surface area (Å²) in [5.41, 5.74) is 0.103. The summed E-state index contributed by atoms with van der Waals surface area (Å²) in [7, 11) is -3.35. The fourth-order valence-corrected chi connectivity index (χ4v) is 2.78. The van der Waals surface area contributed by atoms with Gasteiger partial charge in [-0.05, 0) is 38.3 Å². The average molecular weight is 277 g/mol. The van der Waals surface area contributed by atoms with Gasteiger partial charge in [-0.2, -0.15) is 0 Å². The molecule has 1 rings (SSSR count). The van der Waals surface area contributed by atoms with Gasteiger partial charge in [0.1, 0.15) is 0 Å². The molecule has 0 spiro atoms. The first-order chi connectivity index (χ1) is 8.22. The van der Waals surface area contributed by atoms with E-state index in [2.05, 4.69) is 22.3 Å². The molecule has 1 heterocycles. The molecule has 1 saturated heterocycles. The summed E-state index contributed by atoms with van der Waals surface area (Å²) < 4.78 is 24.3. The molecule has 0 aromatic heterocycles. The first-order valence-electron chi connectivity index (χ1n) is 6.18. The van der Waals surface area contributed by atoms with E-state index in [0.717, 1.165) is 32.2 Å². The highest BCUT2D eigenvalue weighted by molar-refractivity contribution is 7.88. The molecule has 7 heteroatoms. The predicted octanol–water partition coefficient (Wildman–Crippen LogP) is -0.570. The van der Waals surface area contributed by atoms with Gasteiger partial charge in [0.2, 0.25) is 15.9 Å². The van der Waals surface area contributed by atoms with Gasteiger partial charge >= 0.3 is 0 Å². The quantitative estimate of drug-likeness (QED) is 0.628. The topological polar surface area (TPSA) is 87.3 Å². The van der Waals surface area contributed by atoms with Crippen LogP contribution in [0.5, 0.6) is 0 Å². The van der Waals surface area contributed by atoms with Gasteiger partial charge in [0, 0.05) is 6.54 Å². The lowest BCUT2D eigenvalue weighted by atomic mass is 9.81. The Balaban J connectivity index is 2.40. The Labute approximate surface area is 109 Å². The normalized spacial score (nSPS) is 21.3. The second-order valence-electron chi connectivity index (χ2n) is 5.39. The number of carbonyl (C=O) groups excluding carboxylic acids is 1. The molecular weight excluding hydrogens is 254 g/mol. The number of rotatable bonds is 5. The average Bonchev–Trinajstić information content (AvgIpc) is 2.24. The van der Waals surface area contributed by atoms with Crippen molar-refractivity contribution >= 4 is 15.9 Å². The van der Waals surface area contributed by atoms with Crippen molar-refractivity contribution in [2.24, 2.45) is 5.41 Å². The highest BCUT2D eigenvalue weighted by atomic mass is 32.2. The van der Waals surface area contributed by atoms with Crippen molar-refractivity contribution in [3.8, 4) is 0 Å². The van der Waals surface area contributed by atoms with E-state index < -0.39 is 16.1 Å². The van der Waals surface area contributed by atoms with Crippen LogP contribution in [-0.2, 0) is 14.8 Å². The van der Waals surface area contributed by atoms with Gasteiger partial charge in [0.05, 0.1) is 12.3 Å². The number of hydrogen-bond acceptors (Lipinski definition) is 4. The van der Waals surface area contributed by atoms with Gasteiger partial charge in [0.15, 0.2) is 0 Å². The molecule has 6 nitrogen and oxygen atoms in total. The van der Waals surface area contributed by atoms with E-state index in [0.29, 0.717) is 6.54 Å². The smallest absolute Gasteiger partial charge is 0.237 e. The van der Waals surface area contributed by atoms with Gasteiger partial charge in [0.25, 0.3) is 0 Å². The zero-order valence-electron chi connectivity index (χ0n) is 11.2. The van der Waals surface area contributed by atoms with Gasteiger partial charge in [-0.1, -0.05) is 6.92 Å². The van der Waals surface area contributed by atoms with E-state index in [1.165, 1.54) is 0 Å². The van der Waals surface area contributed by atoms with Gasteiger partial charge in [-0.25, -0.2) is 13.1 Å². The second kappa shape index (κ2) is 5.99. The first kappa shape index (κ1) is 15.4. The monoisotopic (exact) mass is 277 g/mol. The Bertz CT molecular complexity index is 388. The van der Waals surface area contributed by atoms with Crippen molar-refractivity contribution in [1.29, 1.82) is 0 Å². The van der Waals surface area contributed by atoms with Crippen LogP contribution in [0.1, 0.15) is 26.7 Å². The molecule has 0 aromatic rings. The molecule has 18 heavy (non-hydrogen) atoms. The number of nitrogens with one attached hydrogen (secondary N) is 3. The minimum Gasteiger partial charge on any atom is -0.354 e. The standard InChI is InChI=1S/C11H23N3O3S/c1-9(14-18(3,16)17)10(15)13-8-11(2)4-6-12-7-5-11/h9,12,14H,4-8H2,1-3H3,(H,13,15). The molecule has 1 aliphatic heterocycles. The van der Waals surface area contributed by atoms with Crippen LogP contribution in [-0.4, -0.2) is 46.3 Å². The van der Waals surface area contributed by atoms with Crippen molar-refractivity contribution < 1.29 is 13.2 Å². The van der Waals surface area contributed by atoms with E-state index in [-0.39, 0.29) is 11.3 Å². The molecule has 1 unspecified atom stereocenters. The SMILES string of the molecule is CC(NS(C)(=O)=O)C(=O)NCC1(C)CCNCC1. The van der Waals surface area contributed by atoms with E-state index in [1.807, 2.05) is 0 Å². The summed E-state index contributed by atoms with van der Waals surface area (Å²) in [5, 5.41) is 6.10. The number of amides is 1. The maximum Gasteiger partial charge on any atom is 0.237 e. The van der Waals surface area contributed by atoms with Crippen LogP contribution < -0.4 is 15.4 Å². The van der Waals surface area contributed by atoms with Crippen LogP contribution in [0, 0.1) is 5.41 Å². The Kier molecular flexibility index (Phi) is 5.12. The van der Waals surface area contributed by atoms with Gasteiger partial charge in [-0.15, -0.1) is 0 Å². The summed E-state index contributed by atoms with van der Waals surface area (Å²) in [6.07, 6.45) is 3.08. The third-order valence-corrected chi connectivity index (χ3v) is 4.07. The third kappa shape index (κ3) is 5.32. The maximum atomic E-state index is 11.8. The number of carbonyl (C=O) groups is 1. The lowest BCUT2D eigenvalue weighted by Gasteiger charge is -2.34. The lowest BCUT2D eigenvalue weighted by Crippen LogP contribution is -2.48. The second-order valence-corrected chi connectivity index (χ2v) is 7.17. The van der Waals surface area contributed by atoms with Crippen molar-refractivity contribution in [3.63, 3.8) is 0 Å². The zero-order chi connectivity index (χ0) is 13.8. The minimum absolute atomic E-state index is 0.103. The van der Waals surface area contributed by atoms with E-state index in [9.17, 15) is 13.2 Å². The Morgan fingerprint density at radius 1 is 1.39 bits per heavy atom. The van der Waals surface area contributed by atoms with Crippen LogP contribution >= 0.6 is 0 Å². The van der Waals surface area contributed by atoms with E-state index >= 15 is 0 Å². The highest BCUT2D eigenvalue weighted by Gasteiger charge is 2.28. The number of hydrogen-bond donors (Lipinski definition) is 3. The third-order valence-electron chi connectivity index (χ3n) is 3.28. The molecule has 1 amide bonds. The molecule has 0 saturated carbocycles. The van der Waals surface area contributed by atoms with Crippen LogP contribution in [0.3, 0.4) is 0 Å². The minimum atomic E-state index is -3.35. The summed E-state index contributed by atoms with van der Waals surface area (Å²) in [6.45, 7) is 6.19. The predicted molar refractivity (Wildman–Crippen MR) is 70.7 cm³/mol. The number of sulfonamides is 1. The molecule has 0 radical (unpaired) electrons. The summed E-state index contributed by atoms with van der Waals surface area (Å²) in [6, 6.07) is -0.731. The van der Waals surface area contributed by atoms with Crippen LogP contribution in [0.4, 0.5) is 0 Å². The molecule has 1 atom stereocenters. The molecule has 0 bridgehead atoms. The van der Waals surface area contributed by atoms with E-state index in [1.54, 1.807) is 6.92 Å². The largest absolute Gasteiger partial charge is 0.354 e. The van der Waals surface area contributed by atoms with Crippen molar-refractivity contribution in [2.45, 2.75) is 32.7 Å². The molecule has 3 N–H and O–H groups in total. The molecule has 1 fully saturated rings. The van der Waals surface area contributed by atoms with Crippen LogP contribution in [0.25, 0.3) is 0 Å². The summed E-state index contributed by atoms with van der Waals surface area (Å²) in [4.78, 5) is 11.8. The Morgan fingerprint density at radius 2 is 1.94 bits per heavy atom. The van der Waals surface area contributed by atoms with E-state index in [4.69, 9.17) is 0 Å². The lowest BCUT2D eigenvalue weighted by molar-refractivity contribution is -0.122. The Morgan fingerprint density at radius 3 is 2.44 bits per heavy atom. The summed E-state index contributed by atoms with van der Waals surface area (Å²) >= 11 is 0. The fraction of sp³-hybridized carbons (Fsp3) is 0.909. The van der Waals surface area contributed by atoms with Gasteiger partial charge in [-0.3, -0.25) is 4.79 Å². The molecule has 0 aromatic carbocycles. The fourth-order valence-electron chi connectivity index (χ4n) is 2.04. The summed E-state index contributed by atoms with van der Waals surface area (Å²) in [5.74, 6) is -0.278. The van der Waals surface area contributed by atoms with Crippen molar-refractivity contribution in [1.82, 2.24) is 15.4 Å². The van der Waals surface area contributed by atoms with Gasteiger partial charge < -0.3 is 10.6 Å². The number of piperidine rings is 1. The van der Waals surface area contributed by atoms with Crippen molar-refractivity contribution in [2.75, 3.05) is 25.9 Å². The molecule has 0 aliphatic carbocycles. The Hall–Kier alpha value is -0.660. The molecule has 1 aliphatic rings. The molecular formula is C11H23N3O3S. The van der Waals surface area contributed by atoms with Crippen molar-refractivity contribution in [3.05, 3.63) is 0 Å². The zero-order valence-corrected chi connectivity index (χ0v) is 12.1. The highest BCUT2D eigenvalue weighted by Crippen LogP contribution is 2.26. The molecule has 106 valence electrons. The van der Waals surface area contributed by atoms with Crippen LogP contribution in [0.15, 0.2) is 0 Å². The van der Waals surface area contributed by atoms with Crippen LogP contribution in [0.2, 0.25) is 0 Å². The first-order valence-corrected chi connectivity index (χ1v) is 8.07. The maximum absolute atomic E-state index is 11.8.